The molecule has 0 aromatic rings. The molecule has 0 aliphatic heterocycles. The van der Waals surface area contributed by atoms with Gasteiger partial charge >= 0.3 is 7.82 Å². The standard InChI is InChI=1S/C16H26NO4PS/c1-4-19-22(18,20-5-2)21-15-14-9-7-8-12(14)10-13(11-17)16(15)23-6-3/h12-13,16H,4-10H2,1-3H3/t12-,13-,16+/m1/s1. The molecule has 2 aliphatic carbocycles. The molecule has 0 spiro atoms. The fraction of sp³-hybridized carbons (Fsp3) is 0.812. The number of nitriles is 1. The van der Waals surface area contributed by atoms with Gasteiger partial charge in [-0.05, 0) is 56.8 Å². The Labute approximate surface area is 143 Å². The molecule has 130 valence electrons. The van der Waals surface area contributed by atoms with E-state index in [4.69, 9.17) is 13.6 Å². The average molecular weight is 359 g/mol. The quantitative estimate of drug-likeness (QED) is 0.574. The molecule has 0 aromatic heterocycles. The first kappa shape index (κ1) is 18.9. The maximum Gasteiger partial charge on any atom is 0.529 e. The van der Waals surface area contributed by atoms with E-state index in [0.717, 1.165) is 31.4 Å². The molecule has 5 nitrogen and oxygen atoms in total. The zero-order valence-corrected chi connectivity index (χ0v) is 15.8. The first-order valence-electron chi connectivity index (χ1n) is 8.41. The molecule has 0 unspecified atom stereocenters. The van der Waals surface area contributed by atoms with Gasteiger partial charge in [-0.1, -0.05) is 6.92 Å². The van der Waals surface area contributed by atoms with Crippen LogP contribution in [0, 0.1) is 23.2 Å². The second-order valence-electron chi connectivity index (χ2n) is 5.70. The lowest BCUT2D eigenvalue weighted by Gasteiger charge is -2.34. The highest BCUT2D eigenvalue weighted by molar-refractivity contribution is 8.00. The number of nitrogens with zero attached hydrogens (tertiary/aromatic N) is 1. The Bertz CT molecular complexity index is 521. The molecule has 23 heavy (non-hydrogen) atoms. The monoisotopic (exact) mass is 359 g/mol. The number of phosphoric acid groups is 1. The van der Waals surface area contributed by atoms with Gasteiger partial charge in [0.15, 0.2) is 0 Å². The Balaban J connectivity index is 2.36. The Hall–Kier alpha value is -0.470. The highest BCUT2D eigenvalue weighted by atomic mass is 32.2. The maximum absolute atomic E-state index is 12.8. The van der Waals surface area contributed by atoms with Gasteiger partial charge in [-0.3, -0.25) is 9.05 Å². The number of hydrogen-bond acceptors (Lipinski definition) is 6. The summed E-state index contributed by atoms with van der Waals surface area (Å²) in [7, 11) is -3.62. The fourth-order valence-corrected chi connectivity index (χ4v) is 5.90. The molecule has 7 heteroatoms. The molecule has 0 bridgehead atoms. The van der Waals surface area contributed by atoms with E-state index in [2.05, 4.69) is 13.0 Å². The predicted molar refractivity (Wildman–Crippen MR) is 92.0 cm³/mol. The minimum Gasteiger partial charge on any atom is -0.407 e. The van der Waals surface area contributed by atoms with Gasteiger partial charge in [0.05, 0.1) is 30.5 Å². The third kappa shape index (κ3) is 4.33. The van der Waals surface area contributed by atoms with Crippen LogP contribution in [-0.2, 0) is 18.1 Å². The maximum atomic E-state index is 12.8. The van der Waals surface area contributed by atoms with Crippen molar-refractivity contribution >= 4 is 19.6 Å². The first-order valence-corrected chi connectivity index (χ1v) is 10.9. The lowest BCUT2D eigenvalue weighted by atomic mass is 9.82. The smallest absolute Gasteiger partial charge is 0.407 e. The molecule has 1 saturated carbocycles. The molecule has 0 saturated heterocycles. The van der Waals surface area contributed by atoms with E-state index in [-0.39, 0.29) is 24.4 Å². The topological polar surface area (TPSA) is 68.6 Å². The Morgan fingerprint density at radius 3 is 2.57 bits per heavy atom. The molecule has 2 rings (SSSR count). The van der Waals surface area contributed by atoms with Crippen molar-refractivity contribution in [3.8, 4) is 6.07 Å². The number of thioether (sulfide) groups is 1. The summed E-state index contributed by atoms with van der Waals surface area (Å²) in [5.74, 6) is 1.84. The molecule has 2 aliphatic rings. The molecule has 0 heterocycles. The van der Waals surface area contributed by atoms with Crippen LogP contribution in [0.5, 0.6) is 0 Å². The molecule has 0 radical (unpaired) electrons. The third-order valence-electron chi connectivity index (χ3n) is 4.27. The summed E-state index contributed by atoms with van der Waals surface area (Å²) in [5, 5.41) is 9.48. The molecular weight excluding hydrogens is 333 g/mol. The Kier molecular flexibility index (Phi) is 7.03. The van der Waals surface area contributed by atoms with Crippen molar-refractivity contribution in [3.63, 3.8) is 0 Å². The van der Waals surface area contributed by atoms with E-state index in [0.29, 0.717) is 11.7 Å². The third-order valence-corrected chi connectivity index (χ3v) is 7.07. The zero-order valence-electron chi connectivity index (χ0n) is 14.1. The van der Waals surface area contributed by atoms with Crippen LogP contribution >= 0.6 is 19.6 Å². The summed E-state index contributed by atoms with van der Waals surface area (Å²) in [5.41, 5.74) is 1.22. The van der Waals surface area contributed by atoms with E-state index in [1.54, 1.807) is 25.6 Å². The van der Waals surface area contributed by atoms with Crippen molar-refractivity contribution in [1.82, 2.24) is 0 Å². The van der Waals surface area contributed by atoms with Crippen LogP contribution in [-0.4, -0.2) is 24.2 Å². The van der Waals surface area contributed by atoms with E-state index in [9.17, 15) is 9.83 Å². The van der Waals surface area contributed by atoms with E-state index < -0.39 is 7.82 Å². The largest absolute Gasteiger partial charge is 0.529 e. The average Bonchev–Trinajstić information content (AvgIpc) is 2.98. The summed E-state index contributed by atoms with van der Waals surface area (Å²) >= 11 is 1.68. The van der Waals surface area contributed by atoms with Gasteiger partial charge in [-0.25, -0.2) is 4.57 Å². The molecule has 0 aromatic carbocycles. The summed E-state index contributed by atoms with van der Waals surface area (Å²) < 4.78 is 29.3. The normalized spacial score (nSPS) is 27.7. The van der Waals surface area contributed by atoms with Gasteiger partial charge in [0.25, 0.3) is 0 Å². The van der Waals surface area contributed by atoms with E-state index in [1.165, 1.54) is 5.57 Å². The highest BCUT2D eigenvalue weighted by Gasteiger charge is 2.43. The van der Waals surface area contributed by atoms with Crippen LogP contribution in [0.15, 0.2) is 11.3 Å². The van der Waals surface area contributed by atoms with Crippen molar-refractivity contribution in [2.75, 3.05) is 19.0 Å². The van der Waals surface area contributed by atoms with Crippen LogP contribution < -0.4 is 0 Å². The first-order chi connectivity index (χ1) is 11.1. The Morgan fingerprint density at radius 1 is 1.30 bits per heavy atom. The number of fused-ring (bicyclic) bond motifs is 1. The van der Waals surface area contributed by atoms with E-state index >= 15 is 0 Å². The highest BCUT2D eigenvalue weighted by Crippen LogP contribution is 2.57. The number of allylic oxidation sites excluding steroid dienone is 1. The van der Waals surface area contributed by atoms with Crippen LogP contribution in [0.2, 0.25) is 0 Å². The van der Waals surface area contributed by atoms with Gasteiger partial charge in [-0.15, -0.1) is 11.8 Å². The molecular formula is C16H26NO4PS. The molecule has 0 amide bonds. The van der Waals surface area contributed by atoms with E-state index in [1.807, 2.05) is 0 Å². The predicted octanol–water partition coefficient (Wildman–Crippen LogP) is 4.90. The molecule has 0 N–H and O–H groups in total. The summed E-state index contributed by atoms with van der Waals surface area (Å²) in [6.45, 7) is 6.12. The van der Waals surface area contributed by atoms with Gasteiger partial charge in [0, 0.05) is 0 Å². The van der Waals surface area contributed by atoms with Gasteiger partial charge in [0.2, 0.25) is 0 Å². The van der Waals surface area contributed by atoms with Crippen LogP contribution in [0.3, 0.4) is 0 Å². The SMILES string of the molecule is CCOP(=O)(OCC)OC1=C2CCC[C@@H]2C[C@H](C#N)[C@@H]1SCC. The van der Waals surface area contributed by atoms with Gasteiger partial charge in [0.1, 0.15) is 5.76 Å². The second-order valence-corrected chi connectivity index (χ2v) is 8.71. The summed E-state index contributed by atoms with van der Waals surface area (Å²) in [6, 6.07) is 2.42. The minimum atomic E-state index is -3.62. The number of phosphoric ester groups is 1. The summed E-state index contributed by atoms with van der Waals surface area (Å²) in [6.07, 6.45) is 4.01. The van der Waals surface area contributed by atoms with Crippen molar-refractivity contribution < 1.29 is 18.1 Å². The van der Waals surface area contributed by atoms with Crippen LogP contribution in [0.4, 0.5) is 0 Å². The Morgan fingerprint density at radius 2 is 2.00 bits per heavy atom. The zero-order chi connectivity index (χ0) is 16.9. The lowest BCUT2D eigenvalue weighted by molar-refractivity contribution is 0.138. The second kappa shape index (κ2) is 8.58. The van der Waals surface area contributed by atoms with Crippen molar-refractivity contribution in [1.29, 1.82) is 5.26 Å². The number of rotatable bonds is 8. The minimum absolute atomic E-state index is 0.0800. The summed E-state index contributed by atoms with van der Waals surface area (Å²) in [4.78, 5) is 0. The molecule has 3 atom stereocenters. The lowest BCUT2D eigenvalue weighted by Crippen LogP contribution is -2.29. The van der Waals surface area contributed by atoms with Crippen LogP contribution in [0.25, 0.3) is 0 Å². The van der Waals surface area contributed by atoms with Crippen molar-refractivity contribution in [2.24, 2.45) is 11.8 Å². The van der Waals surface area contributed by atoms with Crippen LogP contribution in [0.1, 0.15) is 46.5 Å². The van der Waals surface area contributed by atoms with Gasteiger partial charge < -0.3 is 4.52 Å². The van der Waals surface area contributed by atoms with Crippen molar-refractivity contribution in [2.45, 2.75) is 51.7 Å². The molecule has 1 fully saturated rings. The van der Waals surface area contributed by atoms with Crippen molar-refractivity contribution in [3.05, 3.63) is 11.3 Å². The number of hydrogen-bond donors (Lipinski definition) is 0. The van der Waals surface area contributed by atoms with Gasteiger partial charge in [-0.2, -0.15) is 5.26 Å². The fourth-order valence-electron chi connectivity index (χ4n) is 3.43.